The smallest absolute Gasteiger partial charge is 0.208 e. The number of rotatable bonds is 3. The number of fused-ring (bicyclic) bond motifs is 7. The molecule has 0 amide bonds. The summed E-state index contributed by atoms with van der Waals surface area (Å²) in [5.74, 6) is -4.32. The summed E-state index contributed by atoms with van der Waals surface area (Å²) in [7, 11) is 0. The summed E-state index contributed by atoms with van der Waals surface area (Å²) in [6.07, 6.45) is 0. The number of phenols is 5. The third-order valence-electron chi connectivity index (χ3n) is 9.42. The second kappa shape index (κ2) is 10.2. The van der Waals surface area contributed by atoms with Crippen molar-refractivity contribution in [1.29, 1.82) is 0 Å². The van der Waals surface area contributed by atoms with Crippen LogP contribution in [0.15, 0.2) is 132 Å². The topological polar surface area (TPSA) is 114 Å². The third kappa shape index (κ3) is 3.80. The number of hydrogen-bond acceptors (Lipinski definition) is 6. The van der Waals surface area contributed by atoms with Crippen LogP contribution in [0, 0.1) is 0 Å². The van der Waals surface area contributed by atoms with Crippen LogP contribution in [-0.4, -0.2) is 25.5 Å². The molecule has 230 valence electrons. The number of phenolic OH excluding ortho intramolecular Hbond substituents is 5. The van der Waals surface area contributed by atoms with E-state index < -0.39 is 28.7 Å². The van der Waals surface area contributed by atoms with Gasteiger partial charge in [0.05, 0.1) is 5.56 Å². The minimum Gasteiger partial charge on any atom is -0.504 e. The maximum absolute atomic E-state index is 10.9. The zero-order chi connectivity index (χ0) is 32.7. The minimum absolute atomic E-state index is 0.194. The average molecular weight is 627 g/mol. The number of aromatic hydroxyl groups is 5. The van der Waals surface area contributed by atoms with Gasteiger partial charge in [0.15, 0.2) is 11.5 Å². The van der Waals surface area contributed by atoms with E-state index in [0.29, 0.717) is 11.1 Å². The molecule has 9 aromatic rings. The van der Waals surface area contributed by atoms with Gasteiger partial charge in [0, 0.05) is 16.2 Å². The second-order valence-corrected chi connectivity index (χ2v) is 12.0. The molecular weight excluding hydrogens is 600 g/mol. The van der Waals surface area contributed by atoms with Crippen molar-refractivity contribution in [3.63, 3.8) is 0 Å². The average Bonchev–Trinajstić information content (AvgIpc) is 3.51. The van der Waals surface area contributed by atoms with Crippen molar-refractivity contribution in [1.82, 2.24) is 0 Å². The highest BCUT2D eigenvalue weighted by atomic mass is 16.4. The lowest BCUT2D eigenvalue weighted by Crippen LogP contribution is -1.93. The standard InChI is InChI=1S/C42H26O6/c43-37-36(38(44)40(46)41(47)39(37)45)30-16-8-7-15-29(30)35-27-13-5-3-11-25(27)34(26-12-4-6-14-28(26)35)23-18-20-33-32(21-23)31-19-17-22-9-1-2-10-24(22)42(31)48-33/h1-21,43-47H. The number of hydrogen-bond donors (Lipinski definition) is 5. The van der Waals surface area contributed by atoms with Gasteiger partial charge in [-0.1, -0.05) is 109 Å². The highest BCUT2D eigenvalue weighted by Gasteiger charge is 2.27. The maximum atomic E-state index is 10.9. The van der Waals surface area contributed by atoms with Gasteiger partial charge >= 0.3 is 0 Å². The first-order valence-electron chi connectivity index (χ1n) is 15.5. The fourth-order valence-corrected chi connectivity index (χ4v) is 7.25. The van der Waals surface area contributed by atoms with E-state index in [4.69, 9.17) is 4.42 Å². The SMILES string of the molecule is Oc1c(O)c(O)c(-c2ccccc2-c2c3ccccc3c(-c3ccc4oc5c6ccccc6ccc5c4c3)c3ccccc23)c(O)c1O. The van der Waals surface area contributed by atoms with E-state index in [0.717, 1.165) is 70.9 Å². The molecule has 6 heteroatoms. The molecule has 0 unspecified atom stereocenters. The lowest BCUT2D eigenvalue weighted by atomic mass is 9.83. The molecule has 0 spiro atoms. The zero-order valence-electron chi connectivity index (χ0n) is 25.3. The predicted molar refractivity (Wildman–Crippen MR) is 191 cm³/mol. The molecular formula is C42H26O6. The lowest BCUT2D eigenvalue weighted by Gasteiger charge is -2.20. The highest BCUT2D eigenvalue weighted by molar-refractivity contribution is 6.23. The van der Waals surface area contributed by atoms with E-state index in [9.17, 15) is 25.5 Å². The first-order valence-corrected chi connectivity index (χ1v) is 15.5. The van der Waals surface area contributed by atoms with Crippen molar-refractivity contribution in [3.8, 4) is 62.1 Å². The summed E-state index contributed by atoms with van der Waals surface area (Å²) < 4.78 is 6.42. The molecule has 8 aromatic carbocycles. The molecule has 0 aliphatic heterocycles. The van der Waals surface area contributed by atoms with Crippen molar-refractivity contribution >= 4 is 54.3 Å². The van der Waals surface area contributed by atoms with E-state index in [2.05, 4.69) is 48.5 Å². The summed E-state index contributed by atoms with van der Waals surface area (Å²) in [4.78, 5) is 0. The fraction of sp³-hybridized carbons (Fsp3) is 0. The molecule has 5 N–H and O–H groups in total. The van der Waals surface area contributed by atoms with Gasteiger partial charge in [-0.15, -0.1) is 0 Å². The Morgan fingerprint density at radius 3 is 1.48 bits per heavy atom. The van der Waals surface area contributed by atoms with Crippen LogP contribution in [0.3, 0.4) is 0 Å². The van der Waals surface area contributed by atoms with Gasteiger partial charge in [-0.2, -0.15) is 0 Å². The normalized spacial score (nSPS) is 11.8. The molecule has 0 saturated heterocycles. The molecule has 6 nitrogen and oxygen atoms in total. The Labute approximate surface area is 273 Å². The van der Waals surface area contributed by atoms with Crippen molar-refractivity contribution in [2.75, 3.05) is 0 Å². The van der Waals surface area contributed by atoms with E-state index in [1.807, 2.05) is 66.7 Å². The Morgan fingerprint density at radius 2 is 0.854 bits per heavy atom. The predicted octanol–water partition coefficient (Wildman–Crippen LogP) is 10.6. The Bertz CT molecular complexity index is 2710. The van der Waals surface area contributed by atoms with Crippen LogP contribution in [0.5, 0.6) is 28.7 Å². The van der Waals surface area contributed by atoms with Crippen LogP contribution in [-0.2, 0) is 0 Å². The summed E-state index contributed by atoms with van der Waals surface area (Å²) in [6, 6.07) is 42.1. The largest absolute Gasteiger partial charge is 0.504 e. The van der Waals surface area contributed by atoms with Gasteiger partial charge in [0.25, 0.3) is 0 Å². The van der Waals surface area contributed by atoms with Gasteiger partial charge < -0.3 is 29.9 Å². The van der Waals surface area contributed by atoms with Crippen LogP contribution in [0.4, 0.5) is 0 Å². The Kier molecular flexibility index (Phi) is 5.86. The van der Waals surface area contributed by atoms with Crippen molar-refractivity contribution < 1.29 is 29.9 Å². The van der Waals surface area contributed by atoms with Crippen molar-refractivity contribution in [3.05, 3.63) is 127 Å². The Morgan fingerprint density at radius 1 is 0.354 bits per heavy atom. The molecule has 9 rings (SSSR count). The molecule has 0 saturated carbocycles. The van der Waals surface area contributed by atoms with E-state index in [-0.39, 0.29) is 5.56 Å². The van der Waals surface area contributed by atoms with Crippen molar-refractivity contribution in [2.24, 2.45) is 0 Å². The first-order chi connectivity index (χ1) is 23.4. The summed E-state index contributed by atoms with van der Waals surface area (Å²) in [6.45, 7) is 0. The van der Waals surface area contributed by atoms with E-state index >= 15 is 0 Å². The van der Waals surface area contributed by atoms with Crippen LogP contribution >= 0.6 is 0 Å². The van der Waals surface area contributed by atoms with Crippen LogP contribution in [0.25, 0.3) is 87.6 Å². The third-order valence-corrected chi connectivity index (χ3v) is 9.42. The Balaban J connectivity index is 1.36. The molecule has 0 atom stereocenters. The molecule has 1 aromatic heterocycles. The lowest BCUT2D eigenvalue weighted by molar-refractivity contribution is 0.330. The molecule has 0 bridgehead atoms. The maximum Gasteiger partial charge on any atom is 0.208 e. The second-order valence-electron chi connectivity index (χ2n) is 12.0. The van der Waals surface area contributed by atoms with Crippen LogP contribution in [0.1, 0.15) is 0 Å². The fourth-order valence-electron chi connectivity index (χ4n) is 7.25. The van der Waals surface area contributed by atoms with Gasteiger partial charge in [-0.3, -0.25) is 0 Å². The molecule has 0 fully saturated rings. The van der Waals surface area contributed by atoms with Crippen LogP contribution in [0.2, 0.25) is 0 Å². The van der Waals surface area contributed by atoms with E-state index in [1.54, 1.807) is 12.1 Å². The molecule has 48 heavy (non-hydrogen) atoms. The molecule has 0 aliphatic rings. The Hall–Kier alpha value is -6.66. The van der Waals surface area contributed by atoms with Crippen molar-refractivity contribution in [2.45, 2.75) is 0 Å². The first kappa shape index (κ1) is 27.6. The number of furan rings is 1. The number of benzene rings is 8. The quantitative estimate of drug-likeness (QED) is 0.0757. The molecule has 0 aliphatic carbocycles. The highest BCUT2D eigenvalue weighted by Crippen LogP contribution is 2.57. The van der Waals surface area contributed by atoms with Gasteiger partial charge in [-0.25, -0.2) is 0 Å². The summed E-state index contributed by atoms with van der Waals surface area (Å²) in [5.41, 5.74) is 5.39. The van der Waals surface area contributed by atoms with Gasteiger partial charge in [-0.05, 0) is 72.9 Å². The molecule has 1 heterocycles. The summed E-state index contributed by atoms with van der Waals surface area (Å²) >= 11 is 0. The van der Waals surface area contributed by atoms with Gasteiger partial charge in [0.1, 0.15) is 11.2 Å². The van der Waals surface area contributed by atoms with Crippen LogP contribution < -0.4 is 0 Å². The van der Waals surface area contributed by atoms with E-state index in [1.165, 1.54) is 0 Å². The minimum atomic E-state index is -0.998. The monoisotopic (exact) mass is 626 g/mol. The molecule has 0 radical (unpaired) electrons. The zero-order valence-corrected chi connectivity index (χ0v) is 25.3. The van der Waals surface area contributed by atoms with Gasteiger partial charge in [0.2, 0.25) is 17.2 Å². The summed E-state index contributed by atoms with van der Waals surface area (Å²) in [5, 5.41) is 60.9.